The molecule has 4 nitrogen and oxygen atoms in total. The van der Waals surface area contributed by atoms with E-state index in [-0.39, 0.29) is 5.72 Å². The van der Waals surface area contributed by atoms with E-state index in [4.69, 9.17) is 4.74 Å². The molecule has 0 aliphatic carbocycles. The zero-order valence-electron chi connectivity index (χ0n) is 10.8. The molecular formula is C14H19N3O. The summed E-state index contributed by atoms with van der Waals surface area (Å²) < 4.78 is 8.12. The first kappa shape index (κ1) is 11.7. The lowest BCUT2D eigenvalue weighted by Gasteiger charge is -2.37. The van der Waals surface area contributed by atoms with Gasteiger partial charge < -0.3 is 4.74 Å². The van der Waals surface area contributed by atoms with Gasteiger partial charge in [-0.05, 0) is 37.8 Å². The largest absolute Gasteiger partial charge is 0.354 e. The molecule has 0 N–H and O–H groups in total. The van der Waals surface area contributed by atoms with E-state index in [9.17, 15) is 0 Å². The van der Waals surface area contributed by atoms with Crippen LogP contribution in [0.25, 0.3) is 11.0 Å². The minimum Gasteiger partial charge on any atom is -0.354 e. The summed E-state index contributed by atoms with van der Waals surface area (Å²) in [6.07, 6.45) is 5.48. The third-order valence-electron chi connectivity index (χ3n) is 3.71. The third-order valence-corrected chi connectivity index (χ3v) is 3.71. The fourth-order valence-corrected chi connectivity index (χ4v) is 2.87. The van der Waals surface area contributed by atoms with Crippen molar-refractivity contribution in [1.82, 2.24) is 15.0 Å². The molecule has 1 aliphatic heterocycles. The summed E-state index contributed by atoms with van der Waals surface area (Å²) in [6, 6.07) is 8.10. The van der Waals surface area contributed by atoms with Gasteiger partial charge >= 0.3 is 0 Å². The van der Waals surface area contributed by atoms with Crippen LogP contribution in [-0.2, 0) is 10.5 Å². The molecule has 1 atom stereocenters. The van der Waals surface area contributed by atoms with Crippen LogP contribution in [-0.4, -0.2) is 21.6 Å². The van der Waals surface area contributed by atoms with Gasteiger partial charge in [-0.2, -0.15) is 0 Å². The van der Waals surface area contributed by atoms with E-state index in [1.807, 2.05) is 22.9 Å². The van der Waals surface area contributed by atoms with Crippen LogP contribution in [0.1, 0.15) is 39.0 Å². The van der Waals surface area contributed by atoms with Crippen LogP contribution < -0.4 is 0 Å². The summed E-state index contributed by atoms with van der Waals surface area (Å²) in [5, 5.41) is 8.61. The Morgan fingerprint density at radius 3 is 3.00 bits per heavy atom. The van der Waals surface area contributed by atoms with Crippen LogP contribution in [0.4, 0.5) is 0 Å². The summed E-state index contributed by atoms with van der Waals surface area (Å²) in [5.74, 6) is 0. The molecule has 18 heavy (non-hydrogen) atoms. The maximum Gasteiger partial charge on any atom is 0.163 e. The van der Waals surface area contributed by atoms with Gasteiger partial charge in [0.2, 0.25) is 0 Å². The van der Waals surface area contributed by atoms with Crippen LogP contribution in [0.2, 0.25) is 0 Å². The highest BCUT2D eigenvalue weighted by Crippen LogP contribution is 2.35. The van der Waals surface area contributed by atoms with Crippen molar-refractivity contribution in [3.63, 3.8) is 0 Å². The molecule has 1 aromatic heterocycles. The normalized spacial score (nSPS) is 24.5. The predicted octanol–water partition coefficient (Wildman–Crippen LogP) is 3.08. The summed E-state index contributed by atoms with van der Waals surface area (Å²) in [6.45, 7) is 3.02. The standard InChI is InChI=1S/C14H19N3O/c1-2-9-14(10-5-6-11-18-14)17-13-8-4-3-7-12(13)15-16-17/h3-4,7-8H,2,5-6,9-11H2,1H3. The van der Waals surface area contributed by atoms with Gasteiger partial charge in [-0.1, -0.05) is 30.7 Å². The number of fused-ring (bicyclic) bond motifs is 1. The van der Waals surface area contributed by atoms with Gasteiger partial charge in [-0.15, -0.1) is 5.10 Å². The van der Waals surface area contributed by atoms with Gasteiger partial charge in [0.25, 0.3) is 0 Å². The highest BCUT2D eigenvalue weighted by atomic mass is 16.5. The zero-order chi connectivity index (χ0) is 12.4. The summed E-state index contributed by atoms with van der Waals surface area (Å²) >= 11 is 0. The monoisotopic (exact) mass is 245 g/mol. The van der Waals surface area contributed by atoms with Crippen molar-refractivity contribution in [2.24, 2.45) is 0 Å². The predicted molar refractivity (Wildman–Crippen MR) is 70.2 cm³/mol. The zero-order valence-corrected chi connectivity index (χ0v) is 10.8. The number of rotatable bonds is 3. The van der Waals surface area contributed by atoms with E-state index in [0.717, 1.165) is 43.3 Å². The molecule has 0 bridgehead atoms. The van der Waals surface area contributed by atoms with Crippen molar-refractivity contribution in [2.75, 3.05) is 6.61 Å². The van der Waals surface area contributed by atoms with Gasteiger partial charge in [-0.3, -0.25) is 0 Å². The average Bonchev–Trinajstić information content (AvgIpc) is 2.84. The van der Waals surface area contributed by atoms with Crippen LogP contribution >= 0.6 is 0 Å². The summed E-state index contributed by atoms with van der Waals surface area (Å²) in [7, 11) is 0. The molecule has 0 saturated carbocycles. The lowest BCUT2D eigenvalue weighted by atomic mass is 9.97. The second-order valence-electron chi connectivity index (χ2n) is 4.99. The van der Waals surface area contributed by atoms with Crippen molar-refractivity contribution < 1.29 is 4.74 Å². The number of benzene rings is 1. The molecule has 0 spiro atoms. The van der Waals surface area contributed by atoms with Crippen LogP contribution in [0.3, 0.4) is 0 Å². The lowest BCUT2D eigenvalue weighted by Crippen LogP contribution is -2.40. The number of ether oxygens (including phenoxy) is 1. The van der Waals surface area contributed by atoms with E-state index in [1.54, 1.807) is 0 Å². The molecule has 3 rings (SSSR count). The van der Waals surface area contributed by atoms with E-state index in [1.165, 1.54) is 6.42 Å². The molecule has 1 fully saturated rings. The fourth-order valence-electron chi connectivity index (χ4n) is 2.87. The van der Waals surface area contributed by atoms with Gasteiger partial charge in [-0.25, -0.2) is 4.68 Å². The van der Waals surface area contributed by atoms with Gasteiger partial charge in [0.1, 0.15) is 5.52 Å². The second kappa shape index (κ2) is 4.69. The van der Waals surface area contributed by atoms with Crippen molar-refractivity contribution in [3.05, 3.63) is 24.3 Å². The molecule has 1 aromatic carbocycles. The number of aromatic nitrogens is 3. The molecule has 0 radical (unpaired) electrons. The molecule has 4 heteroatoms. The molecule has 1 unspecified atom stereocenters. The van der Waals surface area contributed by atoms with Gasteiger partial charge in [0.15, 0.2) is 5.72 Å². The van der Waals surface area contributed by atoms with Crippen molar-refractivity contribution in [1.29, 1.82) is 0 Å². The van der Waals surface area contributed by atoms with Gasteiger partial charge in [0.05, 0.1) is 5.52 Å². The highest BCUT2D eigenvalue weighted by Gasteiger charge is 2.36. The summed E-state index contributed by atoms with van der Waals surface area (Å²) in [5.41, 5.74) is 1.75. The van der Waals surface area contributed by atoms with Crippen LogP contribution in [0, 0.1) is 0 Å². The SMILES string of the molecule is CCCC1(n2nnc3ccccc32)CCCCO1. The Kier molecular flexibility index (Phi) is 3.04. The first-order valence-electron chi connectivity index (χ1n) is 6.81. The highest BCUT2D eigenvalue weighted by molar-refractivity contribution is 5.74. The van der Waals surface area contributed by atoms with Crippen molar-refractivity contribution in [3.8, 4) is 0 Å². The first-order chi connectivity index (χ1) is 8.86. The number of hydrogen-bond acceptors (Lipinski definition) is 3. The summed E-state index contributed by atoms with van der Waals surface area (Å²) in [4.78, 5) is 0. The Bertz CT molecular complexity index is 523. The fraction of sp³-hybridized carbons (Fsp3) is 0.571. The van der Waals surface area contributed by atoms with Gasteiger partial charge in [0, 0.05) is 6.61 Å². The topological polar surface area (TPSA) is 39.9 Å². The Hall–Kier alpha value is -1.42. The van der Waals surface area contributed by atoms with Crippen LogP contribution in [0.15, 0.2) is 24.3 Å². The van der Waals surface area contributed by atoms with Crippen molar-refractivity contribution >= 4 is 11.0 Å². The third kappa shape index (κ3) is 1.81. The number of nitrogens with zero attached hydrogens (tertiary/aromatic N) is 3. The molecule has 0 amide bonds. The average molecular weight is 245 g/mol. The first-order valence-corrected chi connectivity index (χ1v) is 6.81. The Balaban J connectivity index is 2.08. The maximum atomic E-state index is 6.12. The maximum absolute atomic E-state index is 6.12. The second-order valence-corrected chi connectivity index (χ2v) is 4.99. The number of hydrogen-bond donors (Lipinski definition) is 0. The minimum atomic E-state index is -0.275. The minimum absolute atomic E-state index is 0.275. The van der Waals surface area contributed by atoms with E-state index in [2.05, 4.69) is 23.3 Å². The Labute approximate surface area is 107 Å². The smallest absolute Gasteiger partial charge is 0.163 e. The molecule has 1 saturated heterocycles. The molecular weight excluding hydrogens is 226 g/mol. The van der Waals surface area contributed by atoms with E-state index in [0.29, 0.717) is 0 Å². The lowest BCUT2D eigenvalue weighted by molar-refractivity contribution is -0.148. The van der Waals surface area contributed by atoms with Crippen LogP contribution in [0.5, 0.6) is 0 Å². The Morgan fingerprint density at radius 2 is 2.22 bits per heavy atom. The Morgan fingerprint density at radius 1 is 1.33 bits per heavy atom. The number of para-hydroxylation sites is 1. The molecule has 2 heterocycles. The molecule has 96 valence electrons. The molecule has 2 aromatic rings. The molecule has 1 aliphatic rings. The van der Waals surface area contributed by atoms with Crippen molar-refractivity contribution in [2.45, 2.75) is 44.8 Å². The quantitative estimate of drug-likeness (QED) is 0.834. The van der Waals surface area contributed by atoms with E-state index < -0.39 is 0 Å². The van der Waals surface area contributed by atoms with E-state index >= 15 is 0 Å².